The van der Waals surface area contributed by atoms with Crippen LogP contribution in [-0.4, -0.2) is 19.3 Å². The van der Waals surface area contributed by atoms with Gasteiger partial charge >= 0.3 is 0 Å². The van der Waals surface area contributed by atoms with E-state index in [2.05, 4.69) is 25.2 Å². The molecule has 1 aromatic rings. The molecule has 0 saturated heterocycles. The lowest BCUT2D eigenvalue weighted by Gasteiger charge is -2.51. The summed E-state index contributed by atoms with van der Waals surface area (Å²) in [4.78, 5) is 0. The van der Waals surface area contributed by atoms with Crippen molar-refractivity contribution in [2.75, 3.05) is 12.8 Å². The van der Waals surface area contributed by atoms with E-state index in [0.29, 0.717) is 12.1 Å². The minimum Gasteiger partial charge on any atom is -0.399 e. The number of methoxy groups -OCH3 is 1. The Balaban J connectivity index is 1.88. The highest BCUT2D eigenvalue weighted by Crippen LogP contribution is 2.42. The molecule has 3 N–H and O–H groups in total. The Hall–Kier alpha value is -1.06. The third-order valence-corrected chi connectivity index (χ3v) is 3.97. The molecule has 1 aliphatic carbocycles. The van der Waals surface area contributed by atoms with Crippen molar-refractivity contribution in [2.45, 2.75) is 39.0 Å². The van der Waals surface area contributed by atoms with Gasteiger partial charge in [0.2, 0.25) is 0 Å². The van der Waals surface area contributed by atoms with Crippen molar-refractivity contribution in [3.8, 4) is 0 Å². The molecule has 0 bridgehead atoms. The molecule has 0 spiro atoms. The van der Waals surface area contributed by atoms with E-state index in [-0.39, 0.29) is 5.41 Å². The molecule has 0 radical (unpaired) electrons. The molecule has 3 heteroatoms. The molecule has 2 rings (SSSR count). The number of hydrogen-bond donors (Lipinski definition) is 2. The van der Waals surface area contributed by atoms with E-state index >= 15 is 0 Å². The normalized spacial score (nSPS) is 26.5. The molecule has 0 amide bonds. The van der Waals surface area contributed by atoms with Crippen LogP contribution in [-0.2, 0) is 11.3 Å². The van der Waals surface area contributed by atoms with Crippen LogP contribution in [0.1, 0.15) is 25.8 Å². The maximum absolute atomic E-state index is 5.76. The molecule has 2 atom stereocenters. The van der Waals surface area contributed by atoms with Gasteiger partial charge in [-0.3, -0.25) is 0 Å². The number of rotatable bonds is 4. The summed E-state index contributed by atoms with van der Waals surface area (Å²) in [5.74, 6) is 0. The van der Waals surface area contributed by atoms with E-state index in [9.17, 15) is 0 Å². The lowest BCUT2D eigenvalue weighted by Crippen LogP contribution is -2.60. The molecular weight excluding hydrogens is 212 g/mol. The van der Waals surface area contributed by atoms with Gasteiger partial charge in [-0.2, -0.15) is 0 Å². The van der Waals surface area contributed by atoms with E-state index in [1.54, 1.807) is 7.11 Å². The predicted octanol–water partition coefficient (Wildman–Crippen LogP) is 2.17. The highest BCUT2D eigenvalue weighted by molar-refractivity contribution is 5.40. The van der Waals surface area contributed by atoms with Gasteiger partial charge in [0.25, 0.3) is 0 Å². The third-order valence-electron chi connectivity index (χ3n) is 3.97. The quantitative estimate of drug-likeness (QED) is 0.785. The smallest absolute Gasteiger partial charge is 0.0652 e. The number of benzene rings is 1. The van der Waals surface area contributed by atoms with Crippen LogP contribution in [0.4, 0.5) is 5.69 Å². The Morgan fingerprint density at radius 1 is 1.47 bits per heavy atom. The van der Waals surface area contributed by atoms with Crippen molar-refractivity contribution in [1.29, 1.82) is 0 Å². The van der Waals surface area contributed by atoms with Crippen LogP contribution in [0.3, 0.4) is 0 Å². The number of ether oxygens (including phenoxy) is 1. The predicted molar refractivity (Wildman–Crippen MR) is 70.7 cm³/mol. The van der Waals surface area contributed by atoms with Gasteiger partial charge in [-0.15, -0.1) is 0 Å². The lowest BCUT2D eigenvalue weighted by atomic mass is 9.64. The fraction of sp³-hybridized carbons (Fsp3) is 0.571. The zero-order valence-electron chi connectivity index (χ0n) is 10.9. The zero-order chi connectivity index (χ0) is 12.5. The fourth-order valence-corrected chi connectivity index (χ4v) is 2.58. The summed E-state index contributed by atoms with van der Waals surface area (Å²) in [6.07, 6.45) is 1.46. The molecule has 0 aliphatic heterocycles. The molecule has 94 valence electrons. The van der Waals surface area contributed by atoms with Crippen molar-refractivity contribution in [3.63, 3.8) is 0 Å². The van der Waals surface area contributed by atoms with Crippen LogP contribution in [0.2, 0.25) is 0 Å². The molecule has 2 unspecified atom stereocenters. The van der Waals surface area contributed by atoms with Crippen molar-refractivity contribution in [3.05, 3.63) is 29.8 Å². The van der Waals surface area contributed by atoms with Gasteiger partial charge in [0, 0.05) is 30.8 Å². The molecule has 0 aromatic heterocycles. The van der Waals surface area contributed by atoms with Crippen molar-refractivity contribution in [2.24, 2.45) is 5.41 Å². The standard InChI is InChI=1S/C14H22N2O/c1-14(2)12(8-13(14)17-3)16-9-10-5-4-6-11(15)7-10/h4-7,12-13,16H,8-9,15H2,1-3H3. The van der Waals surface area contributed by atoms with Gasteiger partial charge < -0.3 is 15.8 Å². The molecule has 1 fully saturated rings. The summed E-state index contributed by atoms with van der Waals surface area (Å²) in [6.45, 7) is 5.37. The van der Waals surface area contributed by atoms with Crippen LogP contribution in [0.15, 0.2) is 24.3 Å². The van der Waals surface area contributed by atoms with Crippen molar-refractivity contribution >= 4 is 5.69 Å². The number of nitrogens with one attached hydrogen (secondary N) is 1. The number of anilines is 1. The van der Waals surface area contributed by atoms with Crippen LogP contribution in [0.5, 0.6) is 0 Å². The minimum absolute atomic E-state index is 0.217. The van der Waals surface area contributed by atoms with E-state index in [1.807, 2.05) is 18.2 Å². The summed E-state index contributed by atoms with van der Waals surface area (Å²) in [6, 6.07) is 8.55. The highest BCUT2D eigenvalue weighted by Gasteiger charge is 2.48. The second-order valence-electron chi connectivity index (χ2n) is 5.46. The average molecular weight is 234 g/mol. The topological polar surface area (TPSA) is 47.3 Å². The van der Waals surface area contributed by atoms with Crippen molar-refractivity contribution < 1.29 is 4.74 Å². The highest BCUT2D eigenvalue weighted by atomic mass is 16.5. The average Bonchev–Trinajstić information content (AvgIpc) is 2.28. The summed E-state index contributed by atoms with van der Waals surface area (Å²) < 4.78 is 5.44. The summed E-state index contributed by atoms with van der Waals surface area (Å²) in [7, 11) is 1.79. The monoisotopic (exact) mass is 234 g/mol. The second kappa shape index (κ2) is 4.67. The summed E-state index contributed by atoms with van der Waals surface area (Å²) in [5.41, 5.74) is 8.04. The fourth-order valence-electron chi connectivity index (χ4n) is 2.58. The van der Waals surface area contributed by atoms with Gasteiger partial charge in [0.1, 0.15) is 0 Å². The second-order valence-corrected chi connectivity index (χ2v) is 5.46. The van der Waals surface area contributed by atoms with Gasteiger partial charge in [0.05, 0.1) is 6.10 Å². The van der Waals surface area contributed by atoms with E-state index in [0.717, 1.165) is 18.7 Å². The largest absolute Gasteiger partial charge is 0.399 e. The van der Waals surface area contributed by atoms with E-state index in [1.165, 1.54) is 5.56 Å². The molecule has 1 aromatic carbocycles. The first-order valence-corrected chi connectivity index (χ1v) is 6.14. The molecule has 0 heterocycles. The maximum Gasteiger partial charge on any atom is 0.0652 e. The number of nitrogen functional groups attached to an aromatic ring is 1. The first kappa shape index (κ1) is 12.4. The Morgan fingerprint density at radius 3 is 2.82 bits per heavy atom. The maximum atomic E-state index is 5.76. The molecule has 1 aliphatic rings. The lowest BCUT2D eigenvalue weighted by molar-refractivity contribution is -0.0979. The van der Waals surface area contributed by atoms with Crippen molar-refractivity contribution in [1.82, 2.24) is 5.32 Å². The molecule has 3 nitrogen and oxygen atoms in total. The van der Waals surface area contributed by atoms with Gasteiger partial charge in [-0.05, 0) is 24.1 Å². The molecule has 17 heavy (non-hydrogen) atoms. The van der Waals surface area contributed by atoms with Gasteiger partial charge in [-0.1, -0.05) is 26.0 Å². The first-order chi connectivity index (χ1) is 8.04. The van der Waals surface area contributed by atoms with Gasteiger partial charge in [-0.25, -0.2) is 0 Å². The van der Waals surface area contributed by atoms with Crippen LogP contribution in [0.25, 0.3) is 0 Å². The summed E-state index contributed by atoms with van der Waals surface area (Å²) in [5, 5.41) is 3.58. The first-order valence-electron chi connectivity index (χ1n) is 6.14. The number of hydrogen-bond acceptors (Lipinski definition) is 3. The Morgan fingerprint density at radius 2 is 2.24 bits per heavy atom. The molecule has 1 saturated carbocycles. The van der Waals surface area contributed by atoms with E-state index < -0.39 is 0 Å². The van der Waals surface area contributed by atoms with Gasteiger partial charge in [0.15, 0.2) is 0 Å². The Labute approximate surface area is 103 Å². The third kappa shape index (κ3) is 2.45. The van der Waals surface area contributed by atoms with Crippen LogP contribution < -0.4 is 11.1 Å². The Bertz CT molecular complexity index is 390. The SMILES string of the molecule is COC1CC(NCc2cccc(N)c2)C1(C)C. The van der Waals surface area contributed by atoms with E-state index in [4.69, 9.17) is 10.5 Å². The Kier molecular flexibility index (Phi) is 3.40. The minimum atomic E-state index is 0.217. The molecular formula is C14H22N2O. The van der Waals surface area contributed by atoms with Crippen LogP contribution in [0, 0.1) is 5.41 Å². The van der Waals surface area contributed by atoms with Crippen LogP contribution >= 0.6 is 0 Å². The number of nitrogens with two attached hydrogens (primary N) is 1. The summed E-state index contributed by atoms with van der Waals surface area (Å²) >= 11 is 0. The zero-order valence-corrected chi connectivity index (χ0v) is 10.9.